The molecule has 0 aliphatic heterocycles. The van der Waals surface area contributed by atoms with Gasteiger partial charge in [-0.1, -0.05) is 0 Å². The Kier molecular flexibility index (Phi) is 6.12. The zero-order valence-corrected chi connectivity index (χ0v) is 11.4. The molecule has 1 rings (SSSR count). The fourth-order valence-electron chi connectivity index (χ4n) is 2.53. The van der Waals surface area contributed by atoms with E-state index < -0.39 is 0 Å². The van der Waals surface area contributed by atoms with Gasteiger partial charge in [-0.3, -0.25) is 9.59 Å². The Balaban J connectivity index is 2.15. The van der Waals surface area contributed by atoms with Crippen molar-refractivity contribution in [2.75, 3.05) is 27.2 Å². The number of hydrogen-bond acceptors (Lipinski definition) is 3. The van der Waals surface area contributed by atoms with Crippen LogP contribution in [0.25, 0.3) is 0 Å². The average Bonchev–Trinajstić information content (AvgIpc) is 2.26. The number of likely N-dealkylation sites (N-methyl/N-ethyl adjacent to an activating group) is 1. The maximum Gasteiger partial charge on any atom is 0.234 e. The molecule has 5 nitrogen and oxygen atoms in total. The topological polar surface area (TPSA) is 75.4 Å². The van der Waals surface area contributed by atoms with Crippen molar-refractivity contribution in [2.24, 2.45) is 17.6 Å². The third-order valence-corrected chi connectivity index (χ3v) is 3.50. The minimum absolute atomic E-state index is 0.0826. The van der Waals surface area contributed by atoms with E-state index in [0.29, 0.717) is 24.8 Å². The molecule has 1 saturated carbocycles. The van der Waals surface area contributed by atoms with Crippen LogP contribution in [-0.2, 0) is 9.59 Å². The molecular formula is C13H25N3O2. The van der Waals surface area contributed by atoms with Gasteiger partial charge in [-0.2, -0.15) is 0 Å². The fourth-order valence-corrected chi connectivity index (χ4v) is 2.53. The van der Waals surface area contributed by atoms with Crippen LogP contribution in [0, 0.1) is 11.8 Å². The highest BCUT2D eigenvalue weighted by Gasteiger charge is 2.22. The van der Waals surface area contributed by atoms with Crippen molar-refractivity contribution in [1.29, 1.82) is 0 Å². The molecule has 0 unspecified atom stereocenters. The number of nitrogens with two attached hydrogens (primary N) is 1. The van der Waals surface area contributed by atoms with Crippen molar-refractivity contribution < 1.29 is 9.59 Å². The van der Waals surface area contributed by atoms with Gasteiger partial charge in [0, 0.05) is 13.0 Å². The summed E-state index contributed by atoms with van der Waals surface area (Å²) in [5.41, 5.74) is 5.20. The van der Waals surface area contributed by atoms with Crippen molar-refractivity contribution in [1.82, 2.24) is 10.2 Å². The van der Waals surface area contributed by atoms with Crippen molar-refractivity contribution >= 4 is 11.8 Å². The quantitative estimate of drug-likeness (QED) is 0.719. The third-order valence-electron chi connectivity index (χ3n) is 3.50. The van der Waals surface area contributed by atoms with E-state index in [1.54, 1.807) is 0 Å². The molecule has 0 radical (unpaired) electrons. The smallest absolute Gasteiger partial charge is 0.234 e. The van der Waals surface area contributed by atoms with Gasteiger partial charge in [-0.05, 0) is 51.6 Å². The van der Waals surface area contributed by atoms with Gasteiger partial charge in [0.05, 0.1) is 6.54 Å². The molecule has 18 heavy (non-hydrogen) atoms. The Morgan fingerprint density at radius 2 is 1.72 bits per heavy atom. The average molecular weight is 255 g/mol. The number of carbonyl (C=O) groups excluding carboxylic acids is 2. The molecule has 0 aromatic rings. The summed E-state index contributed by atoms with van der Waals surface area (Å²) in [5.74, 6) is 0.897. The zero-order chi connectivity index (χ0) is 13.5. The third kappa shape index (κ3) is 6.00. The Labute approximate surface area is 109 Å². The highest BCUT2D eigenvalue weighted by Crippen LogP contribution is 2.30. The molecule has 2 amide bonds. The van der Waals surface area contributed by atoms with Crippen LogP contribution in [0.15, 0.2) is 0 Å². The SMILES string of the molecule is CN(C)CC(=O)NCC1CCC(CC(N)=O)CC1. The van der Waals surface area contributed by atoms with Gasteiger partial charge in [0.15, 0.2) is 0 Å². The van der Waals surface area contributed by atoms with Crippen molar-refractivity contribution in [3.8, 4) is 0 Å². The van der Waals surface area contributed by atoms with Crippen molar-refractivity contribution in [3.63, 3.8) is 0 Å². The van der Waals surface area contributed by atoms with Crippen LogP contribution in [0.5, 0.6) is 0 Å². The molecule has 3 N–H and O–H groups in total. The van der Waals surface area contributed by atoms with Crippen molar-refractivity contribution in [3.05, 3.63) is 0 Å². The van der Waals surface area contributed by atoms with Crippen LogP contribution >= 0.6 is 0 Å². The fraction of sp³-hybridized carbons (Fsp3) is 0.846. The van der Waals surface area contributed by atoms with Crippen LogP contribution in [0.3, 0.4) is 0 Å². The van der Waals surface area contributed by atoms with Crippen LogP contribution in [0.1, 0.15) is 32.1 Å². The first-order chi connectivity index (χ1) is 8.47. The van der Waals surface area contributed by atoms with Gasteiger partial charge in [0.25, 0.3) is 0 Å². The van der Waals surface area contributed by atoms with Gasteiger partial charge in [-0.25, -0.2) is 0 Å². The van der Waals surface area contributed by atoms with Crippen molar-refractivity contribution in [2.45, 2.75) is 32.1 Å². The molecule has 104 valence electrons. The highest BCUT2D eigenvalue weighted by atomic mass is 16.2. The maximum atomic E-state index is 11.5. The van der Waals surface area contributed by atoms with Crippen LogP contribution in [-0.4, -0.2) is 43.9 Å². The number of nitrogens with one attached hydrogen (secondary N) is 1. The molecule has 5 heteroatoms. The van der Waals surface area contributed by atoms with Crippen LogP contribution in [0.2, 0.25) is 0 Å². The summed E-state index contributed by atoms with van der Waals surface area (Å²) in [6, 6.07) is 0. The molecule has 1 fully saturated rings. The number of primary amides is 1. The van der Waals surface area contributed by atoms with E-state index >= 15 is 0 Å². The number of rotatable bonds is 6. The zero-order valence-electron chi connectivity index (χ0n) is 11.4. The van der Waals surface area contributed by atoms with Gasteiger partial charge in [0.2, 0.25) is 11.8 Å². The largest absolute Gasteiger partial charge is 0.370 e. The summed E-state index contributed by atoms with van der Waals surface area (Å²) in [6.07, 6.45) is 4.79. The lowest BCUT2D eigenvalue weighted by Crippen LogP contribution is -2.37. The van der Waals surface area contributed by atoms with E-state index in [1.165, 1.54) is 0 Å². The van der Waals surface area contributed by atoms with E-state index in [1.807, 2.05) is 19.0 Å². The summed E-state index contributed by atoms with van der Waals surface area (Å²) in [4.78, 5) is 24.2. The summed E-state index contributed by atoms with van der Waals surface area (Å²) in [5, 5.41) is 2.97. The molecule has 0 bridgehead atoms. The first-order valence-electron chi connectivity index (χ1n) is 6.67. The molecule has 0 heterocycles. The number of nitrogens with zero attached hydrogens (tertiary/aromatic N) is 1. The molecular weight excluding hydrogens is 230 g/mol. The Morgan fingerprint density at radius 3 is 2.22 bits per heavy atom. The van der Waals surface area contributed by atoms with E-state index in [0.717, 1.165) is 32.2 Å². The van der Waals surface area contributed by atoms with E-state index in [-0.39, 0.29) is 11.8 Å². The Morgan fingerprint density at radius 1 is 1.17 bits per heavy atom. The Hall–Kier alpha value is -1.10. The number of carbonyl (C=O) groups is 2. The predicted octanol–water partition coefficient (Wildman–Crippen LogP) is 0.346. The Bertz CT molecular complexity index is 284. The summed E-state index contributed by atoms with van der Waals surface area (Å²) in [6.45, 7) is 1.20. The molecule has 0 aromatic heterocycles. The monoisotopic (exact) mass is 255 g/mol. The lowest BCUT2D eigenvalue weighted by molar-refractivity contribution is -0.122. The lowest BCUT2D eigenvalue weighted by atomic mass is 9.80. The number of hydrogen-bond donors (Lipinski definition) is 2. The van der Waals surface area contributed by atoms with E-state index in [9.17, 15) is 9.59 Å². The van der Waals surface area contributed by atoms with Gasteiger partial charge < -0.3 is 16.0 Å². The molecule has 1 aliphatic carbocycles. The second-order valence-electron chi connectivity index (χ2n) is 5.60. The second kappa shape index (κ2) is 7.36. The van der Waals surface area contributed by atoms with Crippen LogP contribution < -0.4 is 11.1 Å². The first-order valence-corrected chi connectivity index (χ1v) is 6.67. The summed E-state index contributed by atoms with van der Waals surface area (Å²) < 4.78 is 0. The minimum atomic E-state index is -0.197. The molecule has 1 aliphatic rings. The molecule has 0 spiro atoms. The number of amides is 2. The van der Waals surface area contributed by atoms with Crippen LogP contribution in [0.4, 0.5) is 0 Å². The molecule has 0 saturated heterocycles. The predicted molar refractivity (Wildman–Crippen MR) is 70.8 cm³/mol. The van der Waals surface area contributed by atoms with E-state index in [4.69, 9.17) is 5.73 Å². The molecule has 0 atom stereocenters. The van der Waals surface area contributed by atoms with Gasteiger partial charge >= 0.3 is 0 Å². The normalized spacial score (nSPS) is 23.9. The van der Waals surface area contributed by atoms with Gasteiger partial charge in [0.1, 0.15) is 0 Å². The minimum Gasteiger partial charge on any atom is -0.370 e. The lowest BCUT2D eigenvalue weighted by Gasteiger charge is -2.28. The standard InChI is InChI=1S/C13H25N3O2/c1-16(2)9-13(18)15-8-11-5-3-10(4-6-11)7-12(14)17/h10-11H,3-9H2,1-2H3,(H2,14,17)(H,15,18). The van der Waals surface area contributed by atoms with E-state index in [2.05, 4.69) is 5.32 Å². The molecule has 0 aromatic carbocycles. The van der Waals surface area contributed by atoms with Gasteiger partial charge in [-0.15, -0.1) is 0 Å². The first kappa shape index (κ1) is 15.0. The maximum absolute atomic E-state index is 11.5. The summed E-state index contributed by atoms with van der Waals surface area (Å²) >= 11 is 0. The summed E-state index contributed by atoms with van der Waals surface area (Å²) in [7, 11) is 3.77. The second-order valence-corrected chi connectivity index (χ2v) is 5.60. The highest BCUT2D eigenvalue weighted by molar-refractivity contribution is 5.77.